The molecule has 1 saturated carbocycles. The highest BCUT2D eigenvalue weighted by Gasteiger charge is 2.34. The second kappa shape index (κ2) is 27.8. The zero-order valence-corrected chi connectivity index (χ0v) is 42.0. The highest BCUT2D eigenvalue weighted by atomic mass is 16.6. The smallest absolute Gasteiger partial charge is 0.410 e. The Morgan fingerprint density at radius 2 is 0.958 bits per heavy atom. The van der Waals surface area contributed by atoms with Crippen LogP contribution >= 0.6 is 0 Å². The Kier molecular flexibility index (Phi) is 21.4. The molecule has 0 unspecified atom stereocenters. The lowest BCUT2D eigenvalue weighted by Gasteiger charge is -2.35. The van der Waals surface area contributed by atoms with Crippen LogP contribution in [0, 0.1) is 34.5 Å². The molecule has 0 bridgehead atoms. The summed E-state index contributed by atoms with van der Waals surface area (Å²) in [6, 6.07) is 0. The second-order valence-corrected chi connectivity index (χ2v) is 20.6. The van der Waals surface area contributed by atoms with Crippen molar-refractivity contribution in [1.29, 1.82) is 10.8 Å². The molecule has 0 spiro atoms. The Morgan fingerprint density at radius 3 is 1.35 bits per heavy atom. The van der Waals surface area contributed by atoms with Crippen molar-refractivity contribution in [2.75, 3.05) is 78.5 Å². The number of aromatic nitrogens is 2. The summed E-state index contributed by atoms with van der Waals surface area (Å²) in [4.78, 5) is 89.1. The number of unbranched alkanes of at least 4 members (excludes halogenated alkanes) is 2. The number of ether oxygens (including phenoxy) is 2. The summed E-state index contributed by atoms with van der Waals surface area (Å²) in [7, 11) is 0. The zero-order valence-electron chi connectivity index (χ0n) is 42.0. The first-order valence-corrected chi connectivity index (χ1v) is 26.6. The van der Waals surface area contributed by atoms with Gasteiger partial charge in [-0.15, -0.1) is 0 Å². The number of hydrogen-bond donors (Lipinski definition) is 5. The van der Waals surface area contributed by atoms with Gasteiger partial charge in [-0.05, 0) is 115 Å². The summed E-state index contributed by atoms with van der Waals surface area (Å²) < 4.78 is 13.9. The van der Waals surface area contributed by atoms with Gasteiger partial charge in [0.1, 0.15) is 23.8 Å². The minimum absolute atomic E-state index is 0.00608. The van der Waals surface area contributed by atoms with Crippen LogP contribution in [0.2, 0.25) is 0 Å². The largest absolute Gasteiger partial charge is 0.465 e. The van der Waals surface area contributed by atoms with E-state index in [4.69, 9.17) is 36.9 Å². The molecule has 1 aromatic rings. The van der Waals surface area contributed by atoms with Gasteiger partial charge in [0.05, 0.1) is 6.33 Å². The Bertz CT molecular complexity index is 1800. The molecule has 1 aromatic heterocycles. The molecule has 5 aliphatic heterocycles. The molecule has 6 heterocycles. The molecule has 6 fully saturated rings. The van der Waals surface area contributed by atoms with Gasteiger partial charge in [-0.25, -0.2) is 19.4 Å². The minimum atomic E-state index is -0.901. The lowest BCUT2D eigenvalue weighted by Crippen LogP contribution is -2.50. The van der Waals surface area contributed by atoms with Gasteiger partial charge < -0.3 is 60.0 Å². The molecule has 6 aliphatic rings. The Morgan fingerprint density at radius 1 is 0.535 bits per heavy atom. The molecule has 1 aliphatic carbocycles. The van der Waals surface area contributed by atoms with Crippen LogP contribution in [0.15, 0.2) is 18.7 Å². The van der Waals surface area contributed by atoms with Crippen LogP contribution in [-0.2, 0) is 30.4 Å². The van der Waals surface area contributed by atoms with E-state index in [9.17, 15) is 28.8 Å². The van der Waals surface area contributed by atoms with Gasteiger partial charge in [-0.2, -0.15) is 0 Å². The molecule has 4 amide bonds. The molecule has 396 valence electrons. The van der Waals surface area contributed by atoms with Crippen molar-refractivity contribution in [1.82, 2.24) is 39.0 Å². The van der Waals surface area contributed by atoms with Crippen LogP contribution in [-0.4, -0.2) is 182 Å². The minimum Gasteiger partial charge on any atom is -0.465 e. The predicted molar refractivity (Wildman–Crippen MR) is 265 cm³/mol. The quantitative estimate of drug-likeness (QED) is 0.0914. The van der Waals surface area contributed by atoms with Crippen LogP contribution in [0.5, 0.6) is 0 Å². The first-order chi connectivity index (χ1) is 34.2. The van der Waals surface area contributed by atoms with Gasteiger partial charge in [-0.1, -0.05) is 6.42 Å². The fraction of sp³-hybridized carbons (Fsp3) is 0.780. The summed E-state index contributed by atoms with van der Waals surface area (Å²) in [5.74, 6) is 1.62. The van der Waals surface area contributed by atoms with Crippen molar-refractivity contribution >= 4 is 47.7 Å². The third-order valence-corrected chi connectivity index (χ3v) is 15.7. The number of nitrogens with one attached hydrogen (secondary N) is 2. The van der Waals surface area contributed by atoms with Crippen LogP contribution in [0.25, 0.3) is 0 Å². The number of likely N-dealkylation sites (tertiary alicyclic amines) is 4. The first-order valence-electron chi connectivity index (χ1n) is 26.6. The van der Waals surface area contributed by atoms with Gasteiger partial charge in [0, 0.05) is 129 Å². The van der Waals surface area contributed by atoms with Crippen LogP contribution in [0.4, 0.5) is 14.4 Å². The maximum Gasteiger partial charge on any atom is 0.410 e. The number of ketones is 2. The zero-order chi connectivity index (χ0) is 50.7. The molecule has 7 N–H and O–H groups in total. The third kappa shape index (κ3) is 17.6. The molecule has 5 saturated heterocycles. The highest BCUT2D eigenvalue weighted by molar-refractivity contribution is 5.82. The van der Waals surface area contributed by atoms with Gasteiger partial charge >= 0.3 is 18.3 Å². The normalized spacial score (nSPS) is 22.4. The molecule has 21 heteroatoms. The molecular weight excluding hydrogens is 913 g/mol. The summed E-state index contributed by atoms with van der Waals surface area (Å²) in [6.45, 7) is 7.90. The standard InChI is InChI=1S/C36H60N8O6.C14H22N4O3/c37-33(38)41-15-7-25(8-16-41)23-31(45)27-11-19-43(20-12-27)35(47)49-29-3-1-4-30(6-2-5-29)50-36(48)44-21-13-28(14-22-44)32(46)24-26-9-17-42(18-10-26)34(39)40;19-13(17-8-10-18(11-9-17)14(20)21)4-2-1-3-6-16-7-5-15-12-16/h25-30H,1-24H2,(H3,37,38)(H3,39,40);5,7,12H,1-4,6,8-11H2,(H,20,21). The molecule has 0 radical (unpaired) electrons. The second-order valence-electron chi connectivity index (χ2n) is 20.6. The number of hydrogen-bond acceptors (Lipinski definition) is 11. The van der Waals surface area contributed by atoms with Crippen LogP contribution in [0.1, 0.15) is 128 Å². The third-order valence-electron chi connectivity index (χ3n) is 15.7. The van der Waals surface area contributed by atoms with Gasteiger partial charge in [-0.3, -0.25) is 25.2 Å². The van der Waals surface area contributed by atoms with Crippen molar-refractivity contribution in [3.63, 3.8) is 0 Å². The van der Waals surface area contributed by atoms with E-state index in [-0.39, 0.29) is 54.1 Å². The number of nitrogens with two attached hydrogens (primary N) is 2. The van der Waals surface area contributed by atoms with Gasteiger partial charge in [0.25, 0.3) is 0 Å². The summed E-state index contributed by atoms with van der Waals surface area (Å²) in [6.07, 6.45) is 19.1. The Balaban J connectivity index is 0.000000327. The van der Waals surface area contributed by atoms with E-state index in [1.165, 1.54) is 4.90 Å². The topological polar surface area (TPSA) is 278 Å². The number of piperidine rings is 4. The summed E-state index contributed by atoms with van der Waals surface area (Å²) in [5.41, 5.74) is 11.2. The molecule has 7 rings (SSSR count). The number of guanidine groups is 2. The lowest BCUT2D eigenvalue weighted by atomic mass is 9.84. The number of amides is 4. The highest BCUT2D eigenvalue weighted by Crippen LogP contribution is 2.30. The van der Waals surface area contributed by atoms with Crippen molar-refractivity contribution in [3.8, 4) is 0 Å². The fourth-order valence-corrected chi connectivity index (χ4v) is 11.0. The maximum atomic E-state index is 13.0. The van der Waals surface area contributed by atoms with Crippen LogP contribution < -0.4 is 11.5 Å². The number of piperazine rings is 1. The number of carbonyl (C=O) groups is 6. The number of Topliss-reactive ketones (excluding diaryl/α,β-unsaturated/α-hetero) is 2. The number of nitrogens with zero attached hydrogens (tertiary/aromatic N) is 8. The molecular formula is C50H82N12O9. The van der Waals surface area contributed by atoms with E-state index in [0.717, 1.165) is 116 Å². The molecule has 0 aromatic carbocycles. The van der Waals surface area contributed by atoms with E-state index in [2.05, 4.69) is 4.98 Å². The number of imidazole rings is 1. The van der Waals surface area contributed by atoms with Crippen molar-refractivity contribution in [3.05, 3.63) is 18.7 Å². The van der Waals surface area contributed by atoms with E-state index in [0.29, 0.717) is 121 Å². The lowest BCUT2D eigenvalue weighted by molar-refractivity contribution is -0.133. The summed E-state index contributed by atoms with van der Waals surface area (Å²) in [5, 5.41) is 24.0. The van der Waals surface area contributed by atoms with Gasteiger partial charge in [0.15, 0.2) is 11.9 Å². The van der Waals surface area contributed by atoms with E-state index in [1.54, 1.807) is 27.2 Å². The maximum absolute atomic E-state index is 13.0. The predicted octanol–water partition coefficient (Wildman–Crippen LogP) is 5.17. The Labute approximate surface area is 419 Å². The number of rotatable bonds is 14. The average molecular weight is 995 g/mol. The van der Waals surface area contributed by atoms with Crippen molar-refractivity contribution in [2.24, 2.45) is 35.1 Å². The first kappa shape index (κ1) is 54.7. The van der Waals surface area contributed by atoms with Crippen molar-refractivity contribution < 1.29 is 43.3 Å². The van der Waals surface area contributed by atoms with Crippen LogP contribution in [0.3, 0.4) is 0 Å². The average Bonchev–Trinajstić information content (AvgIpc) is 3.89. The van der Waals surface area contributed by atoms with E-state index < -0.39 is 6.09 Å². The van der Waals surface area contributed by atoms with E-state index in [1.807, 2.05) is 20.6 Å². The molecule has 21 nitrogen and oxygen atoms in total. The van der Waals surface area contributed by atoms with E-state index >= 15 is 0 Å². The number of carboxylic acid groups (broad SMARTS) is 1. The SMILES string of the molecule is N=C(N)N1CCC(CC(=O)C2CCN(C(=O)OC3CCCC(OC(=O)N4CCC(C(=O)CC5CCN(C(=N)N)CC5)CC4)CCC3)CC2)CC1.O=C(O)N1CCN(C(=O)CCCCCn2ccnc2)CC1. The summed E-state index contributed by atoms with van der Waals surface area (Å²) >= 11 is 0. The number of carbonyl (C=O) groups excluding carboxylic acids is 5. The molecule has 0 atom stereocenters. The number of aryl methyl sites for hydroxylation is 1. The van der Waals surface area contributed by atoms with Gasteiger partial charge in [0.2, 0.25) is 5.91 Å². The molecule has 71 heavy (non-hydrogen) atoms. The Hall–Kier alpha value is -5.63. The monoisotopic (exact) mass is 995 g/mol. The fourth-order valence-electron chi connectivity index (χ4n) is 11.0. The van der Waals surface area contributed by atoms with Crippen molar-refractivity contribution in [2.45, 2.75) is 147 Å².